The van der Waals surface area contributed by atoms with Gasteiger partial charge in [0.25, 0.3) is 0 Å². The van der Waals surface area contributed by atoms with E-state index in [1.54, 1.807) is 107 Å². The Morgan fingerprint density at radius 2 is 1.25 bits per heavy atom. The Morgan fingerprint density at radius 1 is 0.732 bits per heavy atom. The normalized spacial score (nSPS) is 31.2. The average molecular weight is 792 g/mol. The maximum absolute atomic E-state index is 13.7. The number of aliphatic hydroxyl groups excluding tert-OH is 1. The zero-order valence-corrected chi connectivity index (χ0v) is 34.2. The number of aliphatic hydroxyl groups is 1. The third kappa shape index (κ3) is 11.0. The standard InChI is InChI=1S/C39H57N3O14/c1-36(2,3)32(44)49-19-22-25(54-33(45)37(4,5)6)27(55-34(46)38(7,8)9)28(56-35(47)39(10,11)12)31(51-22)53-26-23(41-42-40)29(43)50-21-18-48-30(52-24(21)26)20-16-14-13-15-17-20/h13-17,21-31,43H,18-19H2,1-12H3/t21-,22-,23-,24-,25+,26-,27+,28-,29?,30?,31+/m1/s1. The second-order valence-electron chi connectivity index (χ2n) is 18.3. The molecule has 0 aliphatic carbocycles. The predicted octanol–water partition coefficient (Wildman–Crippen LogP) is 5.07. The molecule has 3 aliphatic rings. The Morgan fingerprint density at radius 3 is 1.77 bits per heavy atom. The van der Waals surface area contributed by atoms with Crippen molar-refractivity contribution in [2.45, 2.75) is 151 Å². The smallest absolute Gasteiger partial charge is 0.311 e. The van der Waals surface area contributed by atoms with Crippen LogP contribution in [-0.4, -0.2) is 104 Å². The number of carbonyl (C=O) groups excluding carboxylic acids is 4. The maximum Gasteiger partial charge on any atom is 0.311 e. The molecule has 0 spiro atoms. The van der Waals surface area contributed by atoms with Crippen LogP contribution < -0.4 is 0 Å². The highest BCUT2D eigenvalue weighted by Crippen LogP contribution is 2.40. The summed E-state index contributed by atoms with van der Waals surface area (Å²) in [5, 5.41) is 14.9. The quantitative estimate of drug-likeness (QED) is 0.114. The summed E-state index contributed by atoms with van der Waals surface area (Å²) in [4.78, 5) is 57.0. The number of hydrogen-bond donors (Lipinski definition) is 1. The average Bonchev–Trinajstić information content (AvgIpc) is 3.09. The van der Waals surface area contributed by atoms with Crippen LogP contribution in [0.1, 0.15) is 94.9 Å². The molecule has 0 aromatic heterocycles. The first-order chi connectivity index (χ1) is 25.8. The van der Waals surface area contributed by atoms with E-state index in [0.29, 0.717) is 5.56 Å². The van der Waals surface area contributed by atoms with Gasteiger partial charge < -0.3 is 47.7 Å². The van der Waals surface area contributed by atoms with Crippen molar-refractivity contribution in [1.29, 1.82) is 0 Å². The molecule has 2 unspecified atom stereocenters. The Labute approximate surface area is 327 Å². The van der Waals surface area contributed by atoms with E-state index in [-0.39, 0.29) is 6.61 Å². The molecule has 3 aliphatic heterocycles. The molecule has 0 bridgehead atoms. The van der Waals surface area contributed by atoms with E-state index in [1.807, 2.05) is 6.07 Å². The summed E-state index contributed by atoms with van der Waals surface area (Å²) in [6.45, 7) is 18.8. The van der Waals surface area contributed by atoms with Gasteiger partial charge in [0.1, 0.15) is 37.1 Å². The molecule has 0 saturated carbocycles. The Bertz CT molecular complexity index is 1610. The molecule has 3 saturated heterocycles. The molecule has 11 atom stereocenters. The molecule has 1 aromatic rings. The highest BCUT2D eigenvalue weighted by molar-refractivity contribution is 5.78. The molecule has 1 aromatic carbocycles. The van der Waals surface area contributed by atoms with Crippen LogP contribution in [0.3, 0.4) is 0 Å². The zero-order chi connectivity index (χ0) is 42.0. The molecule has 17 heteroatoms. The first kappa shape index (κ1) is 44.9. The molecule has 3 heterocycles. The van der Waals surface area contributed by atoms with Crippen molar-refractivity contribution < 1.29 is 66.9 Å². The molecular formula is C39H57N3O14. The first-order valence-electron chi connectivity index (χ1n) is 18.6. The van der Waals surface area contributed by atoms with E-state index in [4.69, 9.17) is 42.6 Å². The minimum absolute atomic E-state index is 0.0693. The van der Waals surface area contributed by atoms with Crippen molar-refractivity contribution in [3.8, 4) is 0 Å². The highest BCUT2D eigenvalue weighted by Gasteiger charge is 2.58. The van der Waals surface area contributed by atoms with Crippen LogP contribution in [0.25, 0.3) is 10.4 Å². The van der Waals surface area contributed by atoms with Gasteiger partial charge in [-0.15, -0.1) is 0 Å². The third-order valence-corrected chi connectivity index (χ3v) is 9.02. The van der Waals surface area contributed by atoms with Crippen LogP contribution in [0.15, 0.2) is 35.4 Å². The van der Waals surface area contributed by atoms with Crippen LogP contribution in [0, 0.1) is 21.7 Å². The lowest BCUT2D eigenvalue weighted by molar-refractivity contribution is -0.373. The van der Waals surface area contributed by atoms with Gasteiger partial charge in [-0.3, -0.25) is 19.2 Å². The number of esters is 4. The molecule has 56 heavy (non-hydrogen) atoms. The van der Waals surface area contributed by atoms with Gasteiger partial charge in [-0.2, -0.15) is 0 Å². The largest absolute Gasteiger partial charge is 0.462 e. The van der Waals surface area contributed by atoms with E-state index in [2.05, 4.69) is 10.0 Å². The number of fused-ring (bicyclic) bond motifs is 1. The van der Waals surface area contributed by atoms with E-state index in [1.165, 1.54) is 0 Å². The fourth-order valence-electron chi connectivity index (χ4n) is 5.65. The molecule has 17 nitrogen and oxygen atoms in total. The number of nitrogens with zero attached hydrogens (tertiary/aromatic N) is 3. The first-order valence-corrected chi connectivity index (χ1v) is 18.6. The molecule has 1 N–H and O–H groups in total. The summed E-state index contributed by atoms with van der Waals surface area (Å²) in [6, 6.07) is 7.53. The molecule has 312 valence electrons. The third-order valence-electron chi connectivity index (χ3n) is 9.02. The Balaban J connectivity index is 1.88. The van der Waals surface area contributed by atoms with E-state index < -0.39 is 120 Å². The van der Waals surface area contributed by atoms with Crippen molar-refractivity contribution >= 4 is 23.9 Å². The van der Waals surface area contributed by atoms with Gasteiger partial charge >= 0.3 is 23.9 Å². The van der Waals surface area contributed by atoms with Gasteiger partial charge in [0.2, 0.25) is 0 Å². The predicted molar refractivity (Wildman–Crippen MR) is 196 cm³/mol. The van der Waals surface area contributed by atoms with Crippen molar-refractivity contribution in [3.05, 3.63) is 46.3 Å². The summed E-state index contributed by atoms with van der Waals surface area (Å²) in [5.74, 6) is -2.87. The van der Waals surface area contributed by atoms with Crippen LogP contribution in [0.2, 0.25) is 0 Å². The summed E-state index contributed by atoms with van der Waals surface area (Å²) >= 11 is 0. The van der Waals surface area contributed by atoms with Gasteiger partial charge in [-0.1, -0.05) is 35.4 Å². The van der Waals surface area contributed by atoms with Crippen molar-refractivity contribution in [2.24, 2.45) is 26.8 Å². The summed E-state index contributed by atoms with van der Waals surface area (Å²) < 4.78 is 55.0. The van der Waals surface area contributed by atoms with Crippen molar-refractivity contribution in [2.75, 3.05) is 13.2 Å². The lowest BCUT2D eigenvalue weighted by Crippen LogP contribution is -2.67. The molecule has 4 rings (SSSR count). The van der Waals surface area contributed by atoms with Crippen LogP contribution >= 0.6 is 0 Å². The van der Waals surface area contributed by atoms with Gasteiger partial charge in [-0.05, 0) is 88.6 Å². The number of rotatable bonds is 9. The lowest BCUT2D eigenvalue weighted by Gasteiger charge is -2.50. The number of hydrogen-bond acceptors (Lipinski definition) is 15. The maximum atomic E-state index is 13.7. The van der Waals surface area contributed by atoms with Gasteiger partial charge in [0, 0.05) is 10.5 Å². The van der Waals surface area contributed by atoms with E-state index in [0.717, 1.165) is 0 Å². The molecule has 0 amide bonds. The van der Waals surface area contributed by atoms with Crippen molar-refractivity contribution in [1.82, 2.24) is 0 Å². The van der Waals surface area contributed by atoms with E-state index >= 15 is 0 Å². The molecular weight excluding hydrogens is 734 g/mol. The number of benzene rings is 1. The van der Waals surface area contributed by atoms with Crippen molar-refractivity contribution in [3.63, 3.8) is 0 Å². The van der Waals surface area contributed by atoms with Gasteiger partial charge in [0.05, 0.1) is 28.3 Å². The fourth-order valence-corrected chi connectivity index (χ4v) is 5.65. The monoisotopic (exact) mass is 791 g/mol. The van der Waals surface area contributed by atoms with Crippen LogP contribution in [0.4, 0.5) is 0 Å². The topological polar surface area (TPSA) is 220 Å². The summed E-state index contributed by atoms with van der Waals surface area (Å²) in [7, 11) is 0. The second-order valence-corrected chi connectivity index (χ2v) is 18.3. The number of ether oxygens (including phenoxy) is 9. The Hall–Kier alpha value is -3.83. The number of carbonyl (C=O) groups is 4. The SMILES string of the molecule is CC(C)(C)C(=O)OC[C@H]1O[C@@H](O[C@H]2[C@@H]3OC(c4ccccc4)OC[C@H]3OC(O)[C@@H]2N=[N+]=[N-])[C@H](OC(=O)C(C)(C)C)[C@@H](OC(=O)C(C)(C)C)[C@H]1OC(=O)C(C)(C)C. The minimum atomic E-state index is -1.71. The fraction of sp³-hybridized carbons (Fsp3) is 0.744. The number of azide groups is 1. The van der Waals surface area contributed by atoms with Gasteiger partial charge in [-0.25, -0.2) is 0 Å². The van der Waals surface area contributed by atoms with Gasteiger partial charge in [0.15, 0.2) is 37.2 Å². The summed E-state index contributed by atoms with van der Waals surface area (Å²) in [6.07, 6.45) is -13.9. The highest BCUT2D eigenvalue weighted by atomic mass is 16.8. The zero-order valence-electron chi connectivity index (χ0n) is 34.2. The molecule has 3 fully saturated rings. The van der Waals surface area contributed by atoms with Crippen LogP contribution in [-0.2, 0) is 61.8 Å². The summed E-state index contributed by atoms with van der Waals surface area (Å²) in [5.41, 5.74) is 6.02. The van der Waals surface area contributed by atoms with Crippen LogP contribution in [0.5, 0.6) is 0 Å². The molecule has 0 radical (unpaired) electrons. The van der Waals surface area contributed by atoms with E-state index in [9.17, 15) is 29.8 Å². The minimum Gasteiger partial charge on any atom is -0.462 e. The Kier molecular flexibility index (Phi) is 13.9. The lowest BCUT2D eigenvalue weighted by atomic mass is 9.92. The second kappa shape index (κ2) is 17.3.